The first kappa shape index (κ1) is 16.3. The lowest BCUT2D eigenvalue weighted by atomic mass is 9.81. The summed E-state index contributed by atoms with van der Waals surface area (Å²) in [6.45, 7) is 10.7. The molecule has 21 heavy (non-hydrogen) atoms. The van der Waals surface area contributed by atoms with Gasteiger partial charge >= 0.3 is 0 Å². The van der Waals surface area contributed by atoms with Crippen molar-refractivity contribution in [2.75, 3.05) is 20.3 Å². The highest BCUT2D eigenvalue weighted by Crippen LogP contribution is 2.35. The van der Waals surface area contributed by atoms with E-state index in [1.54, 1.807) is 0 Å². The van der Waals surface area contributed by atoms with Crippen molar-refractivity contribution < 1.29 is 9.47 Å². The van der Waals surface area contributed by atoms with Crippen molar-refractivity contribution in [2.24, 2.45) is 5.41 Å². The number of methoxy groups -OCH3 is 1. The van der Waals surface area contributed by atoms with Crippen molar-refractivity contribution >= 4 is 0 Å². The molecule has 0 aliphatic carbocycles. The highest BCUT2D eigenvalue weighted by atomic mass is 16.5. The summed E-state index contributed by atoms with van der Waals surface area (Å²) in [4.78, 5) is 0. The largest absolute Gasteiger partial charge is 0.493 e. The van der Waals surface area contributed by atoms with Gasteiger partial charge in [0.2, 0.25) is 0 Å². The Hall–Kier alpha value is -1.06. The first-order valence-electron chi connectivity index (χ1n) is 7.99. The molecule has 2 atom stereocenters. The summed E-state index contributed by atoms with van der Waals surface area (Å²) < 4.78 is 11.5. The van der Waals surface area contributed by atoms with Crippen LogP contribution in [0.4, 0.5) is 0 Å². The molecule has 0 aromatic heterocycles. The van der Waals surface area contributed by atoms with Gasteiger partial charge in [-0.05, 0) is 35.6 Å². The van der Waals surface area contributed by atoms with Crippen molar-refractivity contribution in [3.63, 3.8) is 0 Å². The molecule has 0 spiro atoms. The number of nitrogens with one attached hydrogen (secondary N) is 1. The van der Waals surface area contributed by atoms with E-state index in [1.807, 2.05) is 7.11 Å². The lowest BCUT2D eigenvalue weighted by Gasteiger charge is -2.37. The maximum atomic E-state index is 5.85. The maximum Gasteiger partial charge on any atom is 0.122 e. The Bertz CT molecular complexity index is 465. The van der Waals surface area contributed by atoms with Crippen molar-refractivity contribution in [3.05, 3.63) is 29.3 Å². The van der Waals surface area contributed by atoms with Crippen LogP contribution in [0.1, 0.15) is 51.3 Å². The van der Waals surface area contributed by atoms with Crippen molar-refractivity contribution in [1.29, 1.82) is 0 Å². The fraction of sp³-hybridized carbons (Fsp3) is 0.667. The van der Waals surface area contributed by atoms with Crippen molar-refractivity contribution in [1.82, 2.24) is 5.32 Å². The number of hydrogen-bond acceptors (Lipinski definition) is 3. The van der Waals surface area contributed by atoms with Crippen molar-refractivity contribution in [3.8, 4) is 5.75 Å². The van der Waals surface area contributed by atoms with Gasteiger partial charge in [-0.1, -0.05) is 39.8 Å². The summed E-state index contributed by atoms with van der Waals surface area (Å²) in [5.41, 5.74) is 2.70. The Morgan fingerprint density at radius 1 is 1.33 bits per heavy atom. The zero-order valence-electron chi connectivity index (χ0n) is 14.0. The SMILES string of the molecule is CCCNC(c1ccc2c(c1)CCO2)C(OC)C(C)(C)C. The first-order valence-corrected chi connectivity index (χ1v) is 7.99. The predicted octanol–water partition coefficient (Wildman–Crippen LogP) is 3.72. The van der Waals surface area contributed by atoms with Crippen LogP contribution in [-0.4, -0.2) is 26.4 Å². The molecule has 1 aromatic carbocycles. The molecule has 3 nitrogen and oxygen atoms in total. The molecule has 1 aliphatic rings. The van der Waals surface area contributed by atoms with E-state index in [1.165, 1.54) is 11.1 Å². The van der Waals surface area contributed by atoms with Crippen LogP contribution in [0, 0.1) is 5.41 Å². The highest BCUT2D eigenvalue weighted by molar-refractivity contribution is 5.41. The molecule has 3 heteroatoms. The van der Waals surface area contributed by atoms with Gasteiger partial charge < -0.3 is 14.8 Å². The molecule has 1 aliphatic heterocycles. The molecule has 0 fully saturated rings. The molecule has 1 N–H and O–H groups in total. The van der Waals surface area contributed by atoms with Crippen LogP contribution in [0.25, 0.3) is 0 Å². The van der Waals surface area contributed by atoms with E-state index in [-0.39, 0.29) is 17.6 Å². The molecule has 0 saturated carbocycles. The van der Waals surface area contributed by atoms with E-state index in [2.05, 4.69) is 51.2 Å². The van der Waals surface area contributed by atoms with E-state index < -0.39 is 0 Å². The van der Waals surface area contributed by atoms with Gasteiger partial charge in [0.1, 0.15) is 5.75 Å². The van der Waals surface area contributed by atoms with Gasteiger partial charge in [-0.2, -0.15) is 0 Å². The number of hydrogen-bond donors (Lipinski definition) is 1. The summed E-state index contributed by atoms with van der Waals surface area (Å²) in [7, 11) is 1.81. The molecule has 1 heterocycles. The van der Waals surface area contributed by atoms with Crippen LogP contribution in [0.15, 0.2) is 18.2 Å². The van der Waals surface area contributed by atoms with Crippen LogP contribution in [0.5, 0.6) is 5.75 Å². The number of rotatable bonds is 6. The topological polar surface area (TPSA) is 30.5 Å². The molecule has 0 bridgehead atoms. The Labute approximate surface area is 129 Å². The second kappa shape index (κ2) is 6.80. The fourth-order valence-corrected chi connectivity index (χ4v) is 3.09. The average molecular weight is 291 g/mol. The molecular formula is C18H29NO2. The van der Waals surface area contributed by atoms with E-state index in [0.29, 0.717) is 0 Å². The first-order chi connectivity index (χ1) is 9.97. The van der Waals surface area contributed by atoms with Gasteiger partial charge in [-0.25, -0.2) is 0 Å². The summed E-state index contributed by atoms with van der Waals surface area (Å²) in [5, 5.41) is 3.67. The van der Waals surface area contributed by atoms with E-state index >= 15 is 0 Å². The molecule has 0 radical (unpaired) electrons. The number of ether oxygens (including phenoxy) is 2. The molecule has 0 amide bonds. The van der Waals surface area contributed by atoms with Gasteiger partial charge in [0.05, 0.1) is 18.8 Å². The number of benzene rings is 1. The molecule has 1 aromatic rings. The Balaban J connectivity index is 2.30. The normalized spacial score (nSPS) is 17.2. The minimum atomic E-state index is 0.0790. The number of fused-ring (bicyclic) bond motifs is 1. The third kappa shape index (κ3) is 3.78. The van der Waals surface area contributed by atoms with Gasteiger partial charge in [-0.15, -0.1) is 0 Å². The molecular weight excluding hydrogens is 262 g/mol. The van der Waals surface area contributed by atoms with Gasteiger partial charge in [0.15, 0.2) is 0 Å². The van der Waals surface area contributed by atoms with Crippen molar-refractivity contribution in [2.45, 2.75) is 52.7 Å². The summed E-state index contributed by atoms with van der Waals surface area (Å²) in [6, 6.07) is 6.77. The monoisotopic (exact) mass is 291 g/mol. The Morgan fingerprint density at radius 2 is 2.10 bits per heavy atom. The molecule has 0 saturated heterocycles. The van der Waals surface area contributed by atoms with E-state index in [9.17, 15) is 0 Å². The third-order valence-corrected chi connectivity index (χ3v) is 4.10. The average Bonchev–Trinajstić information content (AvgIpc) is 2.89. The minimum absolute atomic E-state index is 0.0790. The second-order valence-electron chi connectivity index (χ2n) is 6.92. The lowest BCUT2D eigenvalue weighted by molar-refractivity contribution is -0.0119. The molecule has 2 rings (SSSR count). The standard InChI is InChI=1S/C18H29NO2/c1-6-10-19-16(17(20-5)18(2,3)4)14-7-8-15-13(12-14)9-11-21-15/h7-8,12,16-17,19H,6,9-11H2,1-5H3. The van der Waals surface area contributed by atoms with Gasteiger partial charge in [-0.3, -0.25) is 0 Å². The Morgan fingerprint density at radius 3 is 2.71 bits per heavy atom. The molecule has 118 valence electrons. The highest BCUT2D eigenvalue weighted by Gasteiger charge is 2.33. The minimum Gasteiger partial charge on any atom is -0.493 e. The van der Waals surface area contributed by atoms with Gasteiger partial charge in [0, 0.05) is 13.5 Å². The zero-order chi connectivity index (χ0) is 15.5. The maximum absolute atomic E-state index is 5.85. The quantitative estimate of drug-likeness (QED) is 0.866. The van der Waals surface area contributed by atoms with Crippen LogP contribution in [-0.2, 0) is 11.2 Å². The van der Waals surface area contributed by atoms with E-state index in [4.69, 9.17) is 9.47 Å². The summed E-state index contributed by atoms with van der Waals surface area (Å²) in [6.07, 6.45) is 2.26. The van der Waals surface area contributed by atoms with Crippen LogP contribution >= 0.6 is 0 Å². The fourth-order valence-electron chi connectivity index (χ4n) is 3.09. The zero-order valence-corrected chi connectivity index (χ0v) is 14.0. The summed E-state index contributed by atoms with van der Waals surface area (Å²) >= 11 is 0. The summed E-state index contributed by atoms with van der Waals surface area (Å²) in [5.74, 6) is 1.04. The van der Waals surface area contributed by atoms with Crippen LogP contribution in [0.2, 0.25) is 0 Å². The molecule has 2 unspecified atom stereocenters. The van der Waals surface area contributed by atoms with E-state index in [0.717, 1.165) is 31.7 Å². The van der Waals surface area contributed by atoms with Gasteiger partial charge in [0.25, 0.3) is 0 Å². The lowest BCUT2D eigenvalue weighted by Crippen LogP contribution is -2.41. The second-order valence-corrected chi connectivity index (χ2v) is 6.92. The van der Waals surface area contributed by atoms with Crippen LogP contribution in [0.3, 0.4) is 0 Å². The smallest absolute Gasteiger partial charge is 0.122 e. The predicted molar refractivity (Wildman–Crippen MR) is 86.9 cm³/mol. The third-order valence-electron chi connectivity index (χ3n) is 4.10. The Kier molecular flexibility index (Phi) is 5.28. The van der Waals surface area contributed by atoms with Crippen LogP contribution < -0.4 is 10.1 Å².